The summed E-state index contributed by atoms with van der Waals surface area (Å²) in [5.74, 6) is -0.0807. The molecule has 1 aromatic carbocycles. The molecule has 0 radical (unpaired) electrons. The van der Waals surface area contributed by atoms with E-state index >= 15 is 0 Å². The Morgan fingerprint density at radius 3 is 2.94 bits per heavy atom. The van der Waals surface area contributed by atoms with Crippen LogP contribution in [0.2, 0.25) is 0 Å². The predicted molar refractivity (Wildman–Crippen MR) is 71.1 cm³/mol. The first-order chi connectivity index (χ1) is 7.75. The first kappa shape index (κ1) is 14.4. The highest BCUT2D eigenvalue weighted by molar-refractivity contribution is 5.85. The van der Waals surface area contributed by atoms with Gasteiger partial charge in [0.1, 0.15) is 5.82 Å². The first-order valence-electron chi connectivity index (χ1n) is 5.94. The molecule has 0 atom stereocenters. The summed E-state index contributed by atoms with van der Waals surface area (Å²) in [4.78, 5) is 2.32. The maximum Gasteiger partial charge on any atom is 0.127 e. The van der Waals surface area contributed by atoms with Crippen molar-refractivity contribution >= 4 is 12.4 Å². The molecule has 0 aromatic heterocycles. The van der Waals surface area contributed by atoms with E-state index in [4.69, 9.17) is 0 Å². The van der Waals surface area contributed by atoms with Crippen molar-refractivity contribution in [3.63, 3.8) is 0 Å². The van der Waals surface area contributed by atoms with Gasteiger partial charge in [0.05, 0.1) is 0 Å². The van der Waals surface area contributed by atoms with Crippen LogP contribution in [0.25, 0.3) is 0 Å². The Morgan fingerprint density at radius 2 is 2.12 bits per heavy atom. The van der Waals surface area contributed by atoms with Gasteiger partial charge in [-0.25, -0.2) is 4.39 Å². The fourth-order valence-electron chi connectivity index (χ4n) is 2.13. The number of aryl methyl sites for hydroxylation is 1. The molecule has 0 amide bonds. The van der Waals surface area contributed by atoms with Gasteiger partial charge >= 0.3 is 0 Å². The summed E-state index contributed by atoms with van der Waals surface area (Å²) in [7, 11) is 0. The van der Waals surface area contributed by atoms with Crippen molar-refractivity contribution in [3.05, 3.63) is 35.1 Å². The Hall–Kier alpha value is -0.640. The highest BCUT2D eigenvalue weighted by Gasteiger charge is 2.11. The fourth-order valence-corrected chi connectivity index (χ4v) is 2.13. The predicted octanol–water partition coefficient (Wildman–Crippen LogP) is 2.35. The molecule has 0 bridgehead atoms. The van der Waals surface area contributed by atoms with Crippen LogP contribution in [0.4, 0.5) is 4.39 Å². The lowest BCUT2D eigenvalue weighted by Crippen LogP contribution is -2.28. The van der Waals surface area contributed by atoms with Gasteiger partial charge in [-0.1, -0.05) is 17.7 Å². The van der Waals surface area contributed by atoms with E-state index in [1.165, 1.54) is 0 Å². The highest BCUT2D eigenvalue weighted by Crippen LogP contribution is 2.13. The fraction of sp³-hybridized carbons (Fsp3) is 0.538. The van der Waals surface area contributed by atoms with Crippen molar-refractivity contribution in [1.29, 1.82) is 0 Å². The molecule has 4 heteroatoms. The molecular formula is C13H20ClFN2. The summed E-state index contributed by atoms with van der Waals surface area (Å²) in [6.07, 6.45) is 1.15. The van der Waals surface area contributed by atoms with Crippen molar-refractivity contribution in [1.82, 2.24) is 10.2 Å². The Bertz CT molecular complexity index is 349. The van der Waals surface area contributed by atoms with Crippen LogP contribution in [0.15, 0.2) is 18.2 Å². The van der Waals surface area contributed by atoms with E-state index in [1.807, 2.05) is 19.1 Å². The van der Waals surface area contributed by atoms with E-state index < -0.39 is 0 Å². The zero-order valence-corrected chi connectivity index (χ0v) is 11.0. The van der Waals surface area contributed by atoms with E-state index in [1.54, 1.807) is 6.07 Å². The molecule has 1 fully saturated rings. The van der Waals surface area contributed by atoms with Crippen LogP contribution in [0.1, 0.15) is 17.5 Å². The summed E-state index contributed by atoms with van der Waals surface area (Å²) in [6, 6.07) is 5.34. The highest BCUT2D eigenvalue weighted by atomic mass is 35.5. The van der Waals surface area contributed by atoms with Crippen molar-refractivity contribution < 1.29 is 4.39 Å². The average Bonchev–Trinajstić information content (AvgIpc) is 2.52. The zero-order valence-electron chi connectivity index (χ0n) is 10.2. The minimum Gasteiger partial charge on any atom is -0.315 e. The van der Waals surface area contributed by atoms with E-state index in [2.05, 4.69) is 10.2 Å². The summed E-state index contributed by atoms with van der Waals surface area (Å²) < 4.78 is 13.6. The van der Waals surface area contributed by atoms with Crippen molar-refractivity contribution in [2.75, 3.05) is 26.2 Å². The number of hydrogen-bond donors (Lipinski definition) is 1. The van der Waals surface area contributed by atoms with Crippen LogP contribution in [0.3, 0.4) is 0 Å². The number of nitrogens with zero attached hydrogens (tertiary/aromatic N) is 1. The minimum atomic E-state index is -0.0807. The smallest absolute Gasteiger partial charge is 0.127 e. The van der Waals surface area contributed by atoms with Crippen LogP contribution >= 0.6 is 12.4 Å². The summed E-state index contributed by atoms with van der Waals surface area (Å²) in [5.41, 5.74) is 1.95. The van der Waals surface area contributed by atoms with Gasteiger partial charge in [-0.3, -0.25) is 4.90 Å². The van der Waals surface area contributed by atoms with Crippen LogP contribution in [-0.4, -0.2) is 31.1 Å². The Morgan fingerprint density at radius 1 is 1.29 bits per heavy atom. The van der Waals surface area contributed by atoms with Crippen LogP contribution < -0.4 is 5.32 Å². The van der Waals surface area contributed by atoms with Crippen LogP contribution in [0, 0.1) is 12.7 Å². The molecule has 0 unspecified atom stereocenters. The van der Waals surface area contributed by atoms with E-state index in [-0.39, 0.29) is 18.2 Å². The monoisotopic (exact) mass is 258 g/mol. The van der Waals surface area contributed by atoms with Crippen molar-refractivity contribution in [3.8, 4) is 0 Å². The molecule has 2 nitrogen and oxygen atoms in total. The summed E-state index contributed by atoms with van der Waals surface area (Å²) in [6.45, 7) is 6.89. The molecule has 96 valence electrons. The molecule has 2 rings (SSSR count). The molecule has 1 aliphatic rings. The van der Waals surface area contributed by atoms with Gasteiger partial charge in [0.25, 0.3) is 0 Å². The molecule has 17 heavy (non-hydrogen) atoms. The second-order valence-electron chi connectivity index (χ2n) is 4.47. The second-order valence-corrected chi connectivity index (χ2v) is 4.47. The minimum absolute atomic E-state index is 0. The average molecular weight is 259 g/mol. The maximum atomic E-state index is 13.6. The molecule has 1 saturated heterocycles. The Labute approximate surface area is 109 Å². The van der Waals surface area contributed by atoms with Crippen molar-refractivity contribution in [2.45, 2.75) is 19.9 Å². The van der Waals surface area contributed by atoms with Gasteiger partial charge in [0.2, 0.25) is 0 Å². The zero-order chi connectivity index (χ0) is 11.4. The van der Waals surface area contributed by atoms with E-state index in [0.717, 1.165) is 50.3 Å². The van der Waals surface area contributed by atoms with Crippen LogP contribution in [0.5, 0.6) is 0 Å². The quantitative estimate of drug-likeness (QED) is 0.876. The lowest BCUT2D eigenvalue weighted by Gasteiger charge is -2.19. The van der Waals surface area contributed by atoms with Gasteiger partial charge < -0.3 is 5.32 Å². The van der Waals surface area contributed by atoms with Crippen LogP contribution in [-0.2, 0) is 6.54 Å². The lowest BCUT2D eigenvalue weighted by molar-refractivity contribution is 0.280. The summed E-state index contributed by atoms with van der Waals surface area (Å²) in [5, 5.41) is 3.35. The lowest BCUT2D eigenvalue weighted by atomic mass is 10.1. The normalized spacial score (nSPS) is 17.3. The molecule has 1 heterocycles. The standard InChI is InChI=1S/C13H19FN2.ClH/c1-11-3-4-13(14)12(9-11)10-16-7-2-5-15-6-8-16;/h3-4,9,15H,2,5-8,10H2,1H3;1H. The molecule has 0 spiro atoms. The van der Waals surface area contributed by atoms with Gasteiger partial charge in [-0.05, 0) is 32.5 Å². The van der Waals surface area contributed by atoms with Crippen molar-refractivity contribution in [2.24, 2.45) is 0 Å². The topological polar surface area (TPSA) is 15.3 Å². The number of hydrogen-bond acceptors (Lipinski definition) is 2. The van der Waals surface area contributed by atoms with Gasteiger partial charge in [-0.2, -0.15) is 0 Å². The number of benzene rings is 1. The molecule has 0 saturated carbocycles. The van der Waals surface area contributed by atoms with E-state index in [0.29, 0.717) is 0 Å². The third-order valence-electron chi connectivity index (χ3n) is 3.03. The number of halogens is 2. The van der Waals surface area contributed by atoms with Gasteiger partial charge in [0.15, 0.2) is 0 Å². The summed E-state index contributed by atoms with van der Waals surface area (Å²) >= 11 is 0. The second kappa shape index (κ2) is 6.94. The molecule has 1 N–H and O–H groups in total. The molecular weight excluding hydrogens is 239 g/mol. The maximum absolute atomic E-state index is 13.6. The SMILES string of the molecule is Cc1ccc(F)c(CN2CCCNCC2)c1.Cl. The molecule has 1 aliphatic heterocycles. The molecule has 0 aliphatic carbocycles. The van der Waals surface area contributed by atoms with Gasteiger partial charge in [-0.15, -0.1) is 12.4 Å². The van der Waals surface area contributed by atoms with E-state index in [9.17, 15) is 4.39 Å². The molecule has 1 aromatic rings. The number of nitrogens with one attached hydrogen (secondary N) is 1. The third-order valence-corrected chi connectivity index (χ3v) is 3.03. The third kappa shape index (κ3) is 4.26. The first-order valence-corrected chi connectivity index (χ1v) is 5.94. The van der Waals surface area contributed by atoms with Gasteiger partial charge in [0, 0.05) is 25.2 Å². The Balaban J connectivity index is 0.00000144. The largest absolute Gasteiger partial charge is 0.315 e. The Kier molecular flexibility index (Phi) is 5.89. The number of rotatable bonds is 2.